The third kappa shape index (κ3) is 3.46. The molecule has 4 nitrogen and oxygen atoms in total. The first-order chi connectivity index (χ1) is 14.7. The van der Waals surface area contributed by atoms with Gasteiger partial charge in [-0.25, -0.2) is 4.68 Å². The molecule has 0 amide bonds. The van der Waals surface area contributed by atoms with Crippen LogP contribution in [0.25, 0.3) is 17.1 Å². The van der Waals surface area contributed by atoms with E-state index in [2.05, 4.69) is 77.1 Å². The second kappa shape index (κ2) is 7.92. The van der Waals surface area contributed by atoms with E-state index >= 15 is 0 Å². The van der Waals surface area contributed by atoms with Crippen molar-refractivity contribution >= 4 is 17.9 Å². The molecule has 5 rings (SSSR count). The molecule has 1 aliphatic rings. The van der Waals surface area contributed by atoms with E-state index in [-0.39, 0.29) is 0 Å². The van der Waals surface area contributed by atoms with Crippen LogP contribution < -0.4 is 4.90 Å². The molecule has 3 aromatic carbocycles. The summed E-state index contributed by atoms with van der Waals surface area (Å²) in [6.45, 7) is 3.76. The van der Waals surface area contributed by atoms with Crippen molar-refractivity contribution in [1.29, 1.82) is 0 Å². The highest BCUT2D eigenvalue weighted by atomic mass is 32.1. The van der Waals surface area contributed by atoms with Gasteiger partial charge in [0, 0.05) is 23.5 Å². The molecule has 0 bridgehead atoms. The predicted molar refractivity (Wildman–Crippen MR) is 125 cm³/mol. The van der Waals surface area contributed by atoms with Gasteiger partial charge in [-0.2, -0.15) is 0 Å². The largest absolute Gasteiger partial charge is 0.352 e. The Morgan fingerprint density at radius 1 is 0.900 bits per heavy atom. The summed E-state index contributed by atoms with van der Waals surface area (Å²) >= 11 is 5.92. The van der Waals surface area contributed by atoms with Crippen molar-refractivity contribution in [1.82, 2.24) is 14.3 Å². The Morgan fingerprint density at radius 3 is 2.43 bits per heavy atom. The molecule has 0 unspecified atom stereocenters. The molecule has 150 valence electrons. The SMILES string of the molecule is Cc1ccc(-c2nn(CN3CCCc4ccccc43)c(=S)n2-c2ccccc2)cc1. The normalized spacial score (nSPS) is 13.3. The van der Waals surface area contributed by atoms with E-state index < -0.39 is 0 Å². The first-order valence-electron chi connectivity index (χ1n) is 10.4. The summed E-state index contributed by atoms with van der Waals surface area (Å²) in [5.74, 6) is 0.872. The third-order valence-electron chi connectivity index (χ3n) is 5.67. The average molecular weight is 413 g/mol. The van der Waals surface area contributed by atoms with Gasteiger partial charge in [0.2, 0.25) is 4.77 Å². The molecule has 0 spiro atoms. The molecule has 1 aliphatic heterocycles. The predicted octanol–water partition coefficient (Wildman–Crippen LogP) is 5.79. The number of aromatic nitrogens is 3. The zero-order valence-corrected chi connectivity index (χ0v) is 17.8. The summed E-state index contributed by atoms with van der Waals surface area (Å²) in [6, 6.07) is 27.4. The van der Waals surface area contributed by atoms with Gasteiger partial charge < -0.3 is 4.90 Å². The molecule has 0 saturated carbocycles. The van der Waals surface area contributed by atoms with Gasteiger partial charge >= 0.3 is 0 Å². The highest BCUT2D eigenvalue weighted by Crippen LogP contribution is 2.28. The van der Waals surface area contributed by atoms with E-state index in [1.165, 1.54) is 16.8 Å². The maximum atomic E-state index is 5.92. The third-order valence-corrected chi connectivity index (χ3v) is 6.07. The first-order valence-corrected chi connectivity index (χ1v) is 10.8. The number of aryl methyl sites for hydroxylation is 2. The van der Waals surface area contributed by atoms with E-state index in [0.717, 1.165) is 36.5 Å². The van der Waals surface area contributed by atoms with Crippen LogP contribution in [0.2, 0.25) is 0 Å². The van der Waals surface area contributed by atoms with Crippen LogP contribution in [0.3, 0.4) is 0 Å². The van der Waals surface area contributed by atoms with Gasteiger partial charge in [-0.1, -0.05) is 66.2 Å². The van der Waals surface area contributed by atoms with Crippen LogP contribution in [-0.2, 0) is 13.1 Å². The quantitative estimate of drug-likeness (QED) is 0.397. The standard InChI is InChI=1S/C25H24N4S/c1-19-13-15-21(16-14-19)24-26-28(25(30)29(24)22-10-3-2-4-11-22)18-27-17-7-9-20-8-5-6-12-23(20)27/h2-6,8,10-16H,7,9,17-18H2,1H3. The van der Waals surface area contributed by atoms with Crippen molar-refractivity contribution < 1.29 is 0 Å². The maximum absolute atomic E-state index is 5.92. The molecule has 0 fully saturated rings. The fourth-order valence-corrected chi connectivity index (χ4v) is 4.41. The molecule has 0 aliphatic carbocycles. The van der Waals surface area contributed by atoms with Gasteiger partial charge in [0.05, 0.1) is 0 Å². The van der Waals surface area contributed by atoms with Gasteiger partial charge in [-0.3, -0.25) is 4.57 Å². The van der Waals surface area contributed by atoms with Gasteiger partial charge in [0.15, 0.2) is 5.82 Å². The number of rotatable bonds is 4. The van der Waals surface area contributed by atoms with Crippen LogP contribution in [-0.4, -0.2) is 20.9 Å². The minimum Gasteiger partial charge on any atom is -0.352 e. The summed E-state index contributed by atoms with van der Waals surface area (Å²) in [4.78, 5) is 2.38. The molecule has 0 radical (unpaired) electrons. The topological polar surface area (TPSA) is 26.0 Å². The highest BCUT2D eigenvalue weighted by molar-refractivity contribution is 7.71. The highest BCUT2D eigenvalue weighted by Gasteiger charge is 2.20. The summed E-state index contributed by atoms with van der Waals surface area (Å²) < 4.78 is 4.75. The fraction of sp³-hybridized carbons (Fsp3) is 0.200. The molecule has 0 N–H and O–H groups in total. The number of anilines is 1. The lowest BCUT2D eigenvalue weighted by Crippen LogP contribution is -2.32. The number of benzene rings is 3. The zero-order valence-electron chi connectivity index (χ0n) is 17.0. The number of hydrogen-bond donors (Lipinski definition) is 0. The van der Waals surface area contributed by atoms with Crippen LogP contribution in [0.5, 0.6) is 0 Å². The summed E-state index contributed by atoms with van der Waals surface area (Å²) in [7, 11) is 0. The lowest BCUT2D eigenvalue weighted by molar-refractivity contribution is 0.546. The summed E-state index contributed by atoms with van der Waals surface area (Å²) in [6.07, 6.45) is 2.28. The Balaban J connectivity index is 1.61. The van der Waals surface area contributed by atoms with E-state index in [1.54, 1.807) is 0 Å². The van der Waals surface area contributed by atoms with Crippen LogP contribution in [0, 0.1) is 11.7 Å². The Hall–Kier alpha value is -3.18. The second-order valence-corrected chi connectivity index (χ2v) is 8.14. The van der Waals surface area contributed by atoms with Gasteiger partial charge in [-0.15, -0.1) is 5.10 Å². The Morgan fingerprint density at radius 2 is 1.63 bits per heavy atom. The maximum Gasteiger partial charge on any atom is 0.204 e. The summed E-state index contributed by atoms with van der Waals surface area (Å²) in [5.41, 5.74) is 6.01. The fourth-order valence-electron chi connectivity index (χ4n) is 4.12. The molecule has 1 aromatic heterocycles. The Kier molecular flexibility index (Phi) is 4.97. The van der Waals surface area contributed by atoms with E-state index in [1.807, 2.05) is 22.9 Å². The zero-order chi connectivity index (χ0) is 20.5. The minimum atomic E-state index is 0.647. The van der Waals surface area contributed by atoms with E-state index in [4.69, 9.17) is 17.3 Å². The lowest BCUT2D eigenvalue weighted by atomic mass is 10.0. The van der Waals surface area contributed by atoms with Crippen molar-refractivity contribution in [2.45, 2.75) is 26.4 Å². The number of para-hydroxylation sites is 2. The molecule has 0 atom stereocenters. The monoisotopic (exact) mass is 412 g/mol. The Bertz CT molecular complexity index is 1220. The molecule has 2 heterocycles. The van der Waals surface area contributed by atoms with Crippen LogP contribution >= 0.6 is 12.2 Å². The van der Waals surface area contributed by atoms with Crippen LogP contribution in [0.1, 0.15) is 17.5 Å². The van der Waals surface area contributed by atoms with Gasteiger partial charge in [0.1, 0.15) is 6.67 Å². The molecular formula is C25H24N4S. The van der Waals surface area contributed by atoms with Crippen LogP contribution in [0.15, 0.2) is 78.9 Å². The molecular weight excluding hydrogens is 388 g/mol. The van der Waals surface area contributed by atoms with Gasteiger partial charge in [0.25, 0.3) is 0 Å². The van der Waals surface area contributed by atoms with E-state index in [9.17, 15) is 0 Å². The molecule has 5 heteroatoms. The number of nitrogens with zero attached hydrogens (tertiary/aromatic N) is 4. The average Bonchev–Trinajstić information content (AvgIpc) is 3.11. The van der Waals surface area contributed by atoms with Crippen molar-refractivity contribution in [2.75, 3.05) is 11.4 Å². The number of hydrogen-bond acceptors (Lipinski definition) is 3. The van der Waals surface area contributed by atoms with Crippen LogP contribution in [0.4, 0.5) is 5.69 Å². The smallest absolute Gasteiger partial charge is 0.204 e. The summed E-state index contributed by atoms with van der Waals surface area (Å²) in [5, 5.41) is 4.99. The molecule has 4 aromatic rings. The Labute approximate surface area is 182 Å². The van der Waals surface area contributed by atoms with Crippen molar-refractivity contribution in [3.05, 3.63) is 94.8 Å². The van der Waals surface area contributed by atoms with Crippen molar-refractivity contribution in [3.8, 4) is 17.1 Å². The first kappa shape index (κ1) is 18.8. The van der Waals surface area contributed by atoms with Gasteiger partial charge in [-0.05, 0) is 55.7 Å². The van der Waals surface area contributed by atoms with Crippen molar-refractivity contribution in [2.24, 2.45) is 0 Å². The second-order valence-electron chi connectivity index (χ2n) is 7.78. The van der Waals surface area contributed by atoms with E-state index in [0.29, 0.717) is 11.4 Å². The molecule has 30 heavy (non-hydrogen) atoms. The lowest BCUT2D eigenvalue weighted by Gasteiger charge is -2.30. The minimum absolute atomic E-state index is 0.647. The van der Waals surface area contributed by atoms with Crippen molar-refractivity contribution in [3.63, 3.8) is 0 Å². The molecule has 0 saturated heterocycles. The number of fused-ring (bicyclic) bond motifs is 1.